The van der Waals surface area contributed by atoms with Gasteiger partial charge in [-0.05, 0) is 18.2 Å². The highest BCUT2D eigenvalue weighted by Gasteiger charge is 2.21. The van der Waals surface area contributed by atoms with Crippen molar-refractivity contribution in [3.8, 4) is 11.1 Å². The van der Waals surface area contributed by atoms with Gasteiger partial charge < -0.3 is 4.98 Å². The second kappa shape index (κ2) is 5.57. The van der Waals surface area contributed by atoms with E-state index in [9.17, 15) is 16.8 Å². The molecule has 0 saturated heterocycles. The van der Waals surface area contributed by atoms with Crippen LogP contribution in [0.15, 0.2) is 52.4 Å². The van der Waals surface area contributed by atoms with E-state index in [0.29, 0.717) is 21.5 Å². The Kier molecular flexibility index (Phi) is 3.93. The first kappa shape index (κ1) is 16.9. The summed E-state index contributed by atoms with van der Waals surface area (Å²) in [5.41, 5.74) is 1.11. The van der Waals surface area contributed by atoms with Crippen molar-refractivity contribution in [3.63, 3.8) is 0 Å². The molecule has 2 aromatic carbocycles. The number of nitrogens with two attached hydrogens (primary N) is 2. The molecule has 1 aromatic heterocycles. The van der Waals surface area contributed by atoms with Gasteiger partial charge in [0, 0.05) is 22.7 Å². The lowest BCUT2D eigenvalue weighted by molar-refractivity contribution is 0.594. The quantitative estimate of drug-likeness (QED) is 0.632. The van der Waals surface area contributed by atoms with Crippen LogP contribution in [-0.2, 0) is 20.0 Å². The number of aromatic amines is 1. The summed E-state index contributed by atoms with van der Waals surface area (Å²) < 4.78 is 47.0. The van der Waals surface area contributed by atoms with Gasteiger partial charge in [0.05, 0.1) is 20.3 Å². The van der Waals surface area contributed by atoms with Gasteiger partial charge >= 0.3 is 0 Å². The van der Waals surface area contributed by atoms with Crippen molar-refractivity contribution in [2.75, 3.05) is 0 Å². The first-order valence-electron chi connectivity index (χ1n) is 6.54. The monoisotopic (exact) mass is 385 g/mol. The zero-order valence-electron chi connectivity index (χ0n) is 12.0. The molecule has 0 spiro atoms. The molecule has 5 N–H and O–H groups in total. The van der Waals surface area contributed by atoms with Crippen LogP contribution in [0.2, 0.25) is 5.02 Å². The van der Waals surface area contributed by atoms with Crippen LogP contribution in [0.3, 0.4) is 0 Å². The average molecular weight is 386 g/mol. The Balaban J connectivity index is 2.44. The van der Waals surface area contributed by atoms with Crippen LogP contribution in [0.25, 0.3) is 22.0 Å². The molecule has 0 aliphatic carbocycles. The topological polar surface area (TPSA) is 136 Å². The van der Waals surface area contributed by atoms with E-state index in [0.717, 1.165) is 12.1 Å². The van der Waals surface area contributed by atoms with Crippen LogP contribution < -0.4 is 10.3 Å². The molecule has 0 amide bonds. The molecular weight excluding hydrogens is 374 g/mol. The molecule has 7 nitrogen and oxygen atoms in total. The summed E-state index contributed by atoms with van der Waals surface area (Å²) >= 11 is 6.08. The number of aromatic nitrogens is 1. The van der Waals surface area contributed by atoms with Gasteiger partial charge in [-0.3, -0.25) is 0 Å². The first-order chi connectivity index (χ1) is 11.1. The minimum absolute atomic E-state index is 0.119. The lowest BCUT2D eigenvalue weighted by Crippen LogP contribution is -2.16. The van der Waals surface area contributed by atoms with Crippen LogP contribution in [0.5, 0.6) is 0 Å². The minimum atomic E-state index is -4.09. The third kappa shape index (κ3) is 2.92. The molecule has 1 heterocycles. The SMILES string of the molecule is NS(=O)(=O)c1ccc(S(N)(=O)=O)c(-c2cccc3c(Cl)c[nH]c23)c1. The van der Waals surface area contributed by atoms with E-state index in [1.807, 2.05) is 0 Å². The molecule has 10 heteroatoms. The maximum absolute atomic E-state index is 11.9. The van der Waals surface area contributed by atoms with E-state index in [1.54, 1.807) is 24.4 Å². The fourth-order valence-corrected chi connectivity index (χ4v) is 3.97. The molecule has 0 bridgehead atoms. The summed E-state index contributed by atoms with van der Waals surface area (Å²) in [5.74, 6) is 0. The highest BCUT2D eigenvalue weighted by molar-refractivity contribution is 7.89. The van der Waals surface area contributed by atoms with Crippen molar-refractivity contribution < 1.29 is 16.8 Å². The lowest BCUT2D eigenvalue weighted by atomic mass is 10.0. The highest BCUT2D eigenvalue weighted by Crippen LogP contribution is 2.35. The van der Waals surface area contributed by atoms with E-state index < -0.39 is 20.0 Å². The maximum Gasteiger partial charge on any atom is 0.238 e. The van der Waals surface area contributed by atoms with Crippen molar-refractivity contribution in [2.45, 2.75) is 9.79 Å². The van der Waals surface area contributed by atoms with Gasteiger partial charge in [0.15, 0.2) is 0 Å². The fraction of sp³-hybridized carbons (Fsp3) is 0. The summed E-state index contributed by atoms with van der Waals surface area (Å²) in [6.45, 7) is 0. The normalized spacial score (nSPS) is 12.6. The van der Waals surface area contributed by atoms with Crippen molar-refractivity contribution in [1.29, 1.82) is 0 Å². The van der Waals surface area contributed by atoms with Crippen LogP contribution in [0, 0.1) is 0 Å². The summed E-state index contributed by atoms with van der Waals surface area (Å²) in [6, 6.07) is 8.45. The molecule has 0 saturated carbocycles. The Morgan fingerprint density at radius 1 is 0.917 bits per heavy atom. The Morgan fingerprint density at radius 3 is 2.25 bits per heavy atom. The number of halogens is 1. The van der Waals surface area contributed by atoms with Gasteiger partial charge in [-0.2, -0.15) is 0 Å². The van der Waals surface area contributed by atoms with Crippen LogP contribution in [-0.4, -0.2) is 21.8 Å². The third-order valence-corrected chi connectivity index (χ3v) is 5.73. The second-order valence-corrected chi connectivity index (χ2v) is 8.61. The van der Waals surface area contributed by atoms with Crippen LogP contribution >= 0.6 is 11.6 Å². The molecule has 3 rings (SSSR count). The minimum Gasteiger partial charge on any atom is -0.359 e. The van der Waals surface area contributed by atoms with Gasteiger partial charge in [0.25, 0.3) is 0 Å². The predicted octanol–water partition coefficient (Wildman–Crippen LogP) is 1.78. The fourth-order valence-electron chi connectivity index (χ4n) is 2.49. The number of H-pyrrole nitrogens is 1. The molecule has 0 aliphatic rings. The molecule has 126 valence electrons. The molecule has 3 aromatic rings. The van der Waals surface area contributed by atoms with Crippen molar-refractivity contribution in [1.82, 2.24) is 4.98 Å². The number of hydrogen-bond donors (Lipinski definition) is 3. The smallest absolute Gasteiger partial charge is 0.238 e. The lowest BCUT2D eigenvalue weighted by Gasteiger charge is -2.11. The van der Waals surface area contributed by atoms with Gasteiger partial charge in [-0.1, -0.05) is 29.8 Å². The van der Waals surface area contributed by atoms with Gasteiger partial charge in [-0.25, -0.2) is 27.1 Å². The van der Waals surface area contributed by atoms with Crippen molar-refractivity contribution in [2.24, 2.45) is 10.3 Å². The van der Waals surface area contributed by atoms with E-state index >= 15 is 0 Å². The number of nitrogens with one attached hydrogen (secondary N) is 1. The Hall–Kier alpha value is -1.91. The number of primary sulfonamides is 2. The zero-order chi connectivity index (χ0) is 17.7. The Labute approximate surface area is 143 Å². The van der Waals surface area contributed by atoms with Crippen LogP contribution in [0.4, 0.5) is 0 Å². The first-order valence-corrected chi connectivity index (χ1v) is 10.0. The summed E-state index contributed by atoms with van der Waals surface area (Å²) in [6.07, 6.45) is 1.55. The van der Waals surface area contributed by atoms with Gasteiger partial charge in [0.1, 0.15) is 0 Å². The number of hydrogen-bond acceptors (Lipinski definition) is 4. The number of benzene rings is 2. The summed E-state index contributed by atoms with van der Waals surface area (Å²) in [5, 5.41) is 11.5. The molecule has 0 fully saturated rings. The molecule has 0 unspecified atom stereocenters. The number of sulfonamides is 2. The average Bonchev–Trinajstić information content (AvgIpc) is 2.86. The Bertz CT molecular complexity index is 1170. The number of para-hydroxylation sites is 1. The largest absolute Gasteiger partial charge is 0.359 e. The molecule has 0 radical (unpaired) electrons. The number of fused-ring (bicyclic) bond motifs is 1. The molecule has 24 heavy (non-hydrogen) atoms. The number of rotatable bonds is 3. The standard InChI is InChI=1S/C14H12ClN3O4S2/c15-12-7-18-14-9(2-1-3-10(12)14)11-6-8(23(16,19)20)4-5-13(11)24(17,21)22/h1-7,18H,(H2,16,19,20)(H2,17,21,22). The second-order valence-electron chi connectivity index (χ2n) is 5.11. The van der Waals surface area contributed by atoms with Crippen molar-refractivity contribution in [3.05, 3.63) is 47.6 Å². The van der Waals surface area contributed by atoms with E-state index in [1.165, 1.54) is 6.07 Å². The predicted molar refractivity (Wildman–Crippen MR) is 91.5 cm³/mol. The Morgan fingerprint density at radius 2 is 1.62 bits per heavy atom. The van der Waals surface area contributed by atoms with Crippen LogP contribution in [0.1, 0.15) is 0 Å². The summed E-state index contributed by atoms with van der Waals surface area (Å²) in [4.78, 5) is 2.51. The third-order valence-electron chi connectivity index (χ3n) is 3.54. The molecule has 0 atom stereocenters. The zero-order valence-corrected chi connectivity index (χ0v) is 14.4. The van der Waals surface area contributed by atoms with E-state index in [2.05, 4.69) is 4.98 Å². The van der Waals surface area contributed by atoms with Gasteiger partial charge in [-0.15, -0.1) is 0 Å². The highest BCUT2D eigenvalue weighted by atomic mass is 35.5. The van der Waals surface area contributed by atoms with E-state index in [-0.39, 0.29) is 15.4 Å². The van der Waals surface area contributed by atoms with Crippen molar-refractivity contribution >= 4 is 42.6 Å². The van der Waals surface area contributed by atoms with E-state index in [4.69, 9.17) is 21.9 Å². The molecular formula is C14H12ClN3O4S2. The van der Waals surface area contributed by atoms with Gasteiger partial charge in [0.2, 0.25) is 20.0 Å². The summed E-state index contributed by atoms with van der Waals surface area (Å²) in [7, 11) is -8.10. The molecule has 0 aliphatic heterocycles. The maximum atomic E-state index is 11.9.